The molecule has 0 spiro atoms. The van der Waals surface area contributed by atoms with Crippen molar-refractivity contribution in [2.45, 2.75) is 25.5 Å². The molecule has 2 atom stereocenters. The van der Waals surface area contributed by atoms with Crippen molar-refractivity contribution in [3.8, 4) is 11.5 Å². The fourth-order valence-electron chi connectivity index (χ4n) is 1.92. The second-order valence-corrected chi connectivity index (χ2v) is 5.02. The minimum absolute atomic E-state index is 0.0207. The molecule has 1 aromatic rings. The molecule has 0 unspecified atom stereocenters. The molecule has 3 N–H and O–H groups in total. The predicted octanol–water partition coefficient (Wildman–Crippen LogP) is 0.582. The molecule has 0 fully saturated rings. The first kappa shape index (κ1) is 19.2. The molecule has 0 aliphatic rings. The Morgan fingerprint density at radius 1 is 1.30 bits per heavy atom. The van der Waals surface area contributed by atoms with Gasteiger partial charge in [-0.1, -0.05) is 6.92 Å². The maximum absolute atomic E-state index is 11.5. The second-order valence-electron chi connectivity index (χ2n) is 5.02. The van der Waals surface area contributed by atoms with E-state index in [1.54, 1.807) is 12.1 Å². The molecule has 130 valence electrons. The molecule has 0 amide bonds. The van der Waals surface area contributed by atoms with Crippen molar-refractivity contribution in [1.82, 2.24) is 5.32 Å². The molecule has 7 heteroatoms. The third-order valence-corrected chi connectivity index (χ3v) is 3.37. The molecule has 0 heterocycles. The number of ether oxygens (including phenoxy) is 3. The van der Waals surface area contributed by atoms with Gasteiger partial charge in [0.2, 0.25) is 0 Å². The highest BCUT2D eigenvalue weighted by atomic mass is 16.5. The first-order valence-corrected chi connectivity index (χ1v) is 7.47. The molecule has 0 bridgehead atoms. The van der Waals surface area contributed by atoms with E-state index < -0.39 is 12.1 Å². The van der Waals surface area contributed by atoms with E-state index in [1.807, 2.05) is 6.92 Å². The highest BCUT2D eigenvalue weighted by molar-refractivity contribution is 5.90. The molecule has 0 saturated carbocycles. The molecular weight excluding hydrogens is 302 g/mol. The van der Waals surface area contributed by atoms with Gasteiger partial charge in [-0.05, 0) is 24.6 Å². The summed E-state index contributed by atoms with van der Waals surface area (Å²) in [5.74, 6) is 0.344. The van der Waals surface area contributed by atoms with Crippen LogP contribution in [0.1, 0.15) is 23.7 Å². The van der Waals surface area contributed by atoms with Crippen LogP contribution in [-0.2, 0) is 4.74 Å². The molecular formula is C16H25NO6. The lowest BCUT2D eigenvalue weighted by Gasteiger charge is -2.18. The summed E-state index contributed by atoms with van der Waals surface area (Å²) in [5.41, 5.74) is 0.354. The smallest absolute Gasteiger partial charge is 0.337 e. The van der Waals surface area contributed by atoms with Gasteiger partial charge < -0.3 is 29.7 Å². The summed E-state index contributed by atoms with van der Waals surface area (Å²) in [6, 6.07) is 4.63. The lowest BCUT2D eigenvalue weighted by molar-refractivity contribution is 0.0600. The fourth-order valence-corrected chi connectivity index (χ4v) is 1.92. The van der Waals surface area contributed by atoms with Gasteiger partial charge >= 0.3 is 5.97 Å². The summed E-state index contributed by atoms with van der Waals surface area (Å²) in [7, 11) is 2.77. The van der Waals surface area contributed by atoms with Gasteiger partial charge in [-0.2, -0.15) is 0 Å². The zero-order valence-electron chi connectivity index (χ0n) is 13.7. The van der Waals surface area contributed by atoms with Crippen LogP contribution in [0.3, 0.4) is 0 Å². The van der Waals surface area contributed by atoms with Crippen molar-refractivity contribution in [1.29, 1.82) is 0 Å². The number of hydrogen-bond acceptors (Lipinski definition) is 7. The molecule has 1 rings (SSSR count). The normalized spacial score (nSPS) is 13.3. The van der Waals surface area contributed by atoms with E-state index in [0.717, 1.165) is 6.42 Å². The summed E-state index contributed by atoms with van der Waals surface area (Å²) in [6.07, 6.45) is 0.0352. The number of hydrogen-bond donors (Lipinski definition) is 3. The van der Waals surface area contributed by atoms with Crippen molar-refractivity contribution in [2.24, 2.45) is 0 Å². The summed E-state index contributed by atoms with van der Waals surface area (Å²) in [6.45, 7) is 2.34. The topological polar surface area (TPSA) is 97.2 Å². The van der Waals surface area contributed by atoms with E-state index in [2.05, 4.69) is 10.1 Å². The Morgan fingerprint density at radius 3 is 2.61 bits per heavy atom. The third kappa shape index (κ3) is 6.05. The number of carbonyl (C=O) groups excluding carboxylic acids is 1. The van der Waals surface area contributed by atoms with Crippen molar-refractivity contribution in [3.05, 3.63) is 23.8 Å². The molecule has 0 radical (unpaired) electrons. The van der Waals surface area contributed by atoms with Gasteiger partial charge in [0.25, 0.3) is 0 Å². The second kappa shape index (κ2) is 10.0. The van der Waals surface area contributed by atoms with Crippen LogP contribution < -0.4 is 14.8 Å². The lowest BCUT2D eigenvalue weighted by Crippen LogP contribution is -2.39. The van der Waals surface area contributed by atoms with Crippen molar-refractivity contribution >= 4 is 5.97 Å². The van der Waals surface area contributed by atoms with Crippen LogP contribution in [0.5, 0.6) is 11.5 Å². The van der Waals surface area contributed by atoms with Crippen LogP contribution >= 0.6 is 0 Å². The zero-order chi connectivity index (χ0) is 17.2. The predicted molar refractivity (Wildman–Crippen MR) is 85.0 cm³/mol. The Kier molecular flexibility index (Phi) is 8.39. The summed E-state index contributed by atoms with van der Waals surface area (Å²) in [4.78, 5) is 11.5. The Balaban J connectivity index is 2.58. The number of benzene rings is 1. The first-order chi connectivity index (χ1) is 11.0. The van der Waals surface area contributed by atoms with Crippen LogP contribution in [0.4, 0.5) is 0 Å². The van der Waals surface area contributed by atoms with E-state index >= 15 is 0 Å². The van der Waals surface area contributed by atoms with Gasteiger partial charge in [0, 0.05) is 12.6 Å². The zero-order valence-corrected chi connectivity index (χ0v) is 13.7. The summed E-state index contributed by atoms with van der Waals surface area (Å²) < 4.78 is 15.4. The van der Waals surface area contributed by atoms with Gasteiger partial charge in [-0.15, -0.1) is 0 Å². The van der Waals surface area contributed by atoms with Crippen LogP contribution in [0, 0.1) is 0 Å². The van der Waals surface area contributed by atoms with E-state index in [4.69, 9.17) is 14.6 Å². The summed E-state index contributed by atoms with van der Waals surface area (Å²) in [5, 5.41) is 22.0. The van der Waals surface area contributed by atoms with Gasteiger partial charge in [-0.3, -0.25) is 0 Å². The van der Waals surface area contributed by atoms with Crippen LogP contribution in [0.2, 0.25) is 0 Å². The van der Waals surface area contributed by atoms with Crippen LogP contribution in [-0.4, -0.2) is 62.3 Å². The number of aliphatic hydroxyl groups excluding tert-OH is 2. The lowest BCUT2D eigenvalue weighted by atomic mass is 10.2. The monoisotopic (exact) mass is 327 g/mol. The number of carbonyl (C=O) groups is 1. The number of esters is 1. The third-order valence-electron chi connectivity index (χ3n) is 3.37. The standard InChI is InChI=1S/C16H25NO6/c1-4-12(9-18)17-8-13(19)10-23-14-6-5-11(16(20)22-3)7-15(14)21-2/h5-7,12-13,17-19H,4,8-10H2,1-3H3/t12-,13+/m1/s1. The van der Waals surface area contributed by atoms with Crippen molar-refractivity contribution in [2.75, 3.05) is 34.0 Å². The fraction of sp³-hybridized carbons (Fsp3) is 0.562. The van der Waals surface area contributed by atoms with Crippen molar-refractivity contribution < 1.29 is 29.2 Å². The van der Waals surface area contributed by atoms with Gasteiger partial charge in [0.1, 0.15) is 12.7 Å². The first-order valence-electron chi connectivity index (χ1n) is 7.47. The molecule has 0 aliphatic carbocycles. The summed E-state index contributed by atoms with van der Waals surface area (Å²) >= 11 is 0. The maximum atomic E-state index is 11.5. The van der Waals surface area contributed by atoms with E-state index in [9.17, 15) is 9.90 Å². The minimum atomic E-state index is -0.736. The quantitative estimate of drug-likeness (QED) is 0.541. The van der Waals surface area contributed by atoms with Gasteiger partial charge in [0.05, 0.1) is 26.4 Å². The largest absolute Gasteiger partial charge is 0.493 e. The van der Waals surface area contributed by atoms with E-state index in [0.29, 0.717) is 23.6 Å². The van der Waals surface area contributed by atoms with Gasteiger partial charge in [0.15, 0.2) is 11.5 Å². The molecule has 0 aliphatic heterocycles. The van der Waals surface area contributed by atoms with Crippen LogP contribution in [0.25, 0.3) is 0 Å². The Labute approximate surface area is 136 Å². The molecule has 0 aromatic heterocycles. The van der Waals surface area contributed by atoms with Gasteiger partial charge in [-0.25, -0.2) is 4.79 Å². The number of rotatable bonds is 10. The Hall–Kier alpha value is -1.83. The maximum Gasteiger partial charge on any atom is 0.337 e. The van der Waals surface area contributed by atoms with Crippen molar-refractivity contribution in [3.63, 3.8) is 0 Å². The Morgan fingerprint density at radius 2 is 2.04 bits per heavy atom. The molecule has 0 saturated heterocycles. The number of aliphatic hydroxyl groups is 2. The Bertz CT molecular complexity index is 489. The highest BCUT2D eigenvalue weighted by Gasteiger charge is 2.14. The van der Waals surface area contributed by atoms with E-state index in [1.165, 1.54) is 20.3 Å². The average molecular weight is 327 g/mol. The molecule has 23 heavy (non-hydrogen) atoms. The SMILES string of the molecule is CC[C@H](CO)NC[C@H](O)COc1ccc(C(=O)OC)cc1OC. The number of methoxy groups -OCH3 is 2. The average Bonchev–Trinajstić information content (AvgIpc) is 2.59. The molecule has 1 aromatic carbocycles. The van der Waals surface area contributed by atoms with Crippen LogP contribution in [0.15, 0.2) is 18.2 Å². The number of nitrogens with one attached hydrogen (secondary N) is 1. The van der Waals surface area contributed by atoms with E-state index in [-0.39, 0.29) is 19.3 Å². The highest BCUT2D eigenvalue weighted by Crippen LogP contribution is 2.28. The molecule has 7 nitrogen and oxygen atoms in total. The minimum Gasteiger partial charge on any atom is -0.493 e.